The molecule has 2 aromatic carbocycles. The van der Waals surface area contributed by atoms with Gasteiger partial charge in [-0.1, -0.05) is 52.6 Å². The average molecular weight is 549 g/mol. The van der Waals surface area contributed by atoms with Crippen LogP contribution in [0.25, 0.3) is 39.7 Å². The first-order valence-corrected chi connectivity index (χ1v) is 13.6. The molecule has 1 aliphatic heterocycles. The van der Waals surface area contributed by atoms with Gasteiger partial charge in [0, 0.05) is 59.2 Å². The molecule has 186 valence electrons. The van der Waals surface area contributed by atoms with E-state index in [0.717, 1.165) is 45.6 Å². The van der Waals surface area contributed by atoms with Crippen molar-refractivity contribution in [2.45, 2.75) is 18.8 Å². The third-order valence-corrected chi connectivity index (χ3v) is 8.43. The molecule has 37 heavy (non-hydrogen) atoms. The van der Waals surface area contributed by atoms with Crippen LogP contribution >= 0.6 is 34.5 Å². The summed E-state index contributed by atoms with van der Waals surface area (Å²) >= 11 is 13.8. The highest BCUT2D eigenvalue weighted by Gasteiger charge is 2.25. The molecule has 0 radical (unpaired) electrons. The monoisotopic (exact) mass is 548 g/mol. The van der Waals surface area contributed by atoms with E-state index in [0.29, 0.717) is 40.5 Å². The second-order valence-electron chi connectivity index (χ2n) is 9.00. The van der Waals surface area contributed by atoms with Gasteiger partial charge in [-0.25, -0.2) is 4.98 Å². The maximum Gasteiger partial charge on any atom is 0.246 e. The van der Waals surface area contributed by atoms with Crippen LogP contribution in [-0.2, 0) is 4.79 Å². The molecule has 1 saturated heterocycles. The van der Waals surface area contributed by atoms with E-state index in [1.165, 1.54) is 0 Å². The number of fused-ring (bicyclic) bond motifs is 1. The van der Waals surface area contributed by atoms with E-state index in [9.17, 15) is 4.79 Å². The van der Waals surface area contributed by atoms with Crippen molar-refractivity contribution in [3.8, 4) is 22.7 Å². The summed E-state index contributed by atoms with van der Waals surface area (Å²) in [6.45, 7) is 1.42. The lowest BCUT2D eigenvalue weighted by atomic mass is 9.97. The van der Waals surface area contributed by atoms with Crippen LogP contribution in [0.5, 0.6) is 0 Å². The first-order valence-electron chi connectivity index (χ1n) is 12.0. The number of aromatic nitrogens is 3. The Labute approximate surface area is 227 Å². The number of hydrogen-bond donors (Lipinski definition) is 1. The van der Waals surface area contributed by atoms with Crippen LogP contribution < -0.4 is 0 Å². The molecule has 0 spiro atoms. The van der Waals surface area contributed by atoms with Gasteiger partial charge in [0.1, 0.15) is 11.4 Å². The number of aromatic amines is 1. The van der Waals surface area contributed by atoms with Crippen molar-refractivity contribution in [2.75, 3.05) is 13.1 Å². The van der Waals surface area contributed by atoms with Gasteiger partial charge in [-0.05, 0) is 42.7 Å². The first kappa shape index (κ1) is 24.0. The lowest BCUT2D eigenvalue weighted by Gasteiger charge is -2.30. The number of rotatable bonds is 5. The minimum Gasteiger partial charge on any atom is -0.361 e. The number of piperidine rings is 1. The van der Waals surface area contributed by atoms with Crippen LogP contribution in [0.4, 0.5) is 0 Å². The molecule has 3 aromatic heterocycles. The van der Waals surface area contributed by atoms with Gasteiger partial charge in [0.25, 0.3) is 0 Å². The molecular formula is C28H22Cl2N4O2S. The summed E-state index contributed by atoms with van der Waals surface area (Å²) in [5.41, 5.74) is 4.35. The van der Waals surface area contributed by atoms with Crippen molar-refractivity contribution < 1.29 is 9.32 Å². The number of thiazole rings is 1. The Morgan fingerprint density at radius 2 is 1.92 bits per heavy atom. The van der Waals surface area contributed by atoms with Crippen molar-refractivity contribution in [3.05, 3.63) is 86.8 Å². The normalized spacial score (nSPS) is 14.7. The number of likely N-dealkylation sites (tertiary alicyclic amines) is 1. The van der Waals surface area contributed by atoms with Crippen LogP contribution in [0.15, 0.2) is 70.7 Å². The van der Waals surface area contributed by atoms with Crippen LogP contribution in [0.3, 0.4) is 0 Å². The van der Waals surface area contributed by atoms with E-state index in [2.05, 4.69) is 16.2 Å². The minimum absolute atomic E-state index is 0.0417. The molecule has 0 aliphatic carbocycles. The summed E-state index contributed by atoms with van der Waals surface area (Å²) in [6.07, 6.45) is 7.26. The third-order valence-electron chi connectivity index (χ3n) is 6.68. The zero-order valence-electron chi connectivity index (χ0n) is 19.7. The summed E-state index contributed by atoms with van der Waals surface area (Å²) in [5.74, 6) is 0.969. The van der Waals surface area contributed by atoms with E-state index in [4.69, 9.17) is 32.7 Å². The summed E-state index contributed by atoms with van der Waals surface area (Å²) < 4.78 is 5.56. The number of nitrogens with one attached hydrogen (secondary N) is 1. The Balaban J connectivity index is 1.08. The second-order valence-corrected chi connectivity index (χ2v) is 10.7. The van der Waals surface area contributed by atoms with Crippen molar-refractivity contribution in [2.24, 2.45) is 0 Å². The Hall–Kier alpha value is -3.39. The number of benzene rings is 2. The smallest absolute Gasteiger partial charge is 0.246 e. The lowest BCUT2D eigenvalue weighted by molar-refractivity contribution is -0.126. The van der Waals surface area contributed by atoms with E-state index >= 15 is 0 Å². The number of H-pyrrole nitrogens is 1. The number of carbonyl (C=O) groups is 1. The number of carbonyl (C=O) groups excluding carboxylic acids is 1. The SMILES string of the molecule is O=C(/C=C/c1c[nH]c2ccccc12)N1CCC(c2nc(-c3cc(-c4ccc(Cl)c(Cl)c4)no3)cs2)CC1. The molecule has 9 heteroatoms. The van der Waals surface area contributed by atoms with Crippen molar-refractivity contribution >= 4 is 57.4 Å². The number of nitrogens with zero attached hydrogens (tertiary/aromatic N) is 3. The van der Waals surface area contributed by atoms with Crippen LogP contribution in [0, 0.1) is 0 Å². The Kier molecular flexibility index (Phi) is 6.59. The molecular weight excluding hydrogens is 527 g/mol. The summed E-state index contributed by atoms with van der Waals surface area (Å²) in [6, 6.07) is 15.3. The van der Waals surface area contributed by atoms with Gasteiger partial charge in [0.15, 0.2) is 5.76 Å². The van der Waals surface area contributed by atoms with E-state index < -0.39 is 0 Å². The molecule has 0 saturated carbocycles. The fourth-order valence-electron chi connectivity index (χ4n) is 4.62. The van der Waals surface area contributed by atoms with Crippen LogP contribution in [0.2, 0.25) is 10.0 Å². The van der Waals surface area contributed by atoms with Crippen molar-refractivity contribution in [1.29, 1.82) is 0 Å². The van der Waals surface area contributed by atoms with Gasteiger partial charge in [0.2, 0.25) is 5.91 Å². The predicted molar refractivity (Wildman–Crippen MR) is 149 cm³/mol. The van der Waals surface area contributed by atoms with Crippen LogP contribution in [-0.4, -0.2) is 39.0 Å². The van der Waals surface area contributed by atoms with E-state index in [1.54, 1.807) is 29.5 Å². The Bertz CT molecular complexity index is 1610. The van der Waals surface area contributed by atoms with Crippen molar-refractivity contribution in [3.63, 3.8) is 0 Å². The third kappa shape index (κ3) is 4.94. The number of amides is 1. The summed E-state index contributed by atoms with van der Waals surface area (Å²) in [5, 5.41) is 9.31. The van der Waals surface area contributed by atoms with Gasteiger partial charge in [-0.3, -0.25) is 4.79 Å². The number of halogens is 2. The molecule has 1 N–H and O–H groups in total. The van der Waals surface area contributed by atoms with Crippen LogP contribution in [0.1, 0.15) is 29.3 Å². The summed E-state index contributed by atoms with van der Waals surface area (Å²) in [7, 11) is 0. The van der Waals surface area contributed by atoms with Gasteiger partial charge in [0.05, 0.1) is 15.1 Å². The van der Waals surface area contributed by atoms with Gasteiger partial charge < -0.3 is 14.4 Å². The number of para-hydroxylation sites is 1. The highest BCUT2D eigenvalue weighted by atomic mass is 35.5. The molecule has 1 amide bonds. The fraction of sp³-hybridized carbons (Fsp3) is 0.179. The predicted octanol–water partition coefficient (Wildman–Crippen LogP) is 7.67. The molecule has 0 bridgehead atoms. The molecule has 6 nitrogen and oxygen atoms in total. The minimum atomic E-state index is 0.0417. The highest BCUT2D eigenvalue weighted by molar-refractivity contribution is 7.10. The summed E-state index contributed by atoms with van der Waals surface area (Å²) in [4.78, 5) is 22.8. The molecule has 0 unspecified atom stereocenters. The van der Waals surface area contributed by atoms with E-state index in [1.807, 2.05) is 52.9 Å². The maximum atomic E-state index is 12.8. The van der Waals surface area contributed by atoms with E-state index in [-0.39, 0.29) is 5.91 Å². The molecule has 1 aliphatic rings. The van der Waals surface area contributed by atoms with Gasteiger partial charge in [-0.2, -0.15) is 0 Å². The van der Waals surface area contributed by atoms with Crippen molar-refractivity contribution in [1.82, 2.24) is 20.0 Å². The molecule has 5 aromatic rings. The Morgan fingerprint density at radius 3 is 2.76 bits per heavy atom. The first-order chi connectivity index (χ1) is 18.0. The molecule has 6 rings (SSSR count). The second kappa shape index (κ2) is 10.2. The zero-order valence-corrected chi connectivity index (χ0v) is 22.0. The molecule has 4 heterocycles. The standard InChI is InChI=1S/C28H22Cl2N4O2S/c29-21-7-5-18(13-22(21)30)24-14-26(36-33-24)25-16-37-28(32-25)17-9-11-34(12-10-17)27(35)8-6-19-15-31-23-4-2-1-3-20(19)23/h1-8,13-17,31H,9-12H2/b8-6+. The molecule has 1 fully saturated rings. The Morgan fingerprint density at radius 1 is 1.08 bits per heavy atom. The largest absolute Gasteiger partial charge is 0.361 e. The van der Waals surface area contributed by atoms with Gasteiger partial charge >= 0.3 is 0 Å². The van der Waals surface area contributed by atoms with Gasteiger partial charge in [-0.15, -0.1) is 11.3 Å². The average Bonchev–Trinajstić information content (AvgIpc) is 3.69. The topological polar surface area (TPSA) is 75.0 Å². The number of hydrogen-bond acceptors (Lipinski definition) is 5. The quantitative estimate of drug-likeness (QED) is 0.228. The fourth-order valence-corrected chi connectivity index (χ4v) is 5.90. The highest BCUT2D eigenvalue weighted by Crippen LogP contribution is 2.35. The zero-order chi connectivity index (χ0) is 25.4. The maximum absolute atomic E-state index is 12.8. The molecule has 0 atom stereocenters. The lowest BCUT2D eigenvalue weighted by Crippen LogP contribution is -2.36.